The molecule has 0 bridgehead atoms. The third-order valence-corrected chi connectivity index (χ3v) is 6.83. The second-order valence-electron chi connectivity index (χ2n) is 8.91. The smallest absolute Gasteiger partial charge is 0.220 e. The van der Waals surface area contributed by atoms with Crippen molar-refractivity contribution in [2.75, 3.05) is 6.54 Å². The van der Waals surface area contributed by atoms with Gasteiger partial charge in [-0.1, -0.05) is 84.4 Å². The van der Waals surface area contributed by atoms with Crippen LogP contribution in [0.2, 0.25) is 5.02 Å². The van der Waals surface area contributed by atoms with Crippen LogP contribution in [0, 0.1) is 0 Å². The number of benzene rings is 3. The second-order valence-corrected chi connectivity index (χ2v) is 9.32. The molecular weight excluding hydrogens is 466 g/mol. The fourth-order valence-corrected chi connectivity index (χ4v) is 5.01. The first-order chi connectivity index (χ1) is 17.7. The van der Waals surface area contributed by atoms with Gasteiger partial charge in [0.1, 0.15) is 0 Å². The molecule has 5 rings (SSSR count). The Morgan fingerprint density at radius 2 is 1.61 bits per heavy atom. The van der Waals surface area contributed by atoms with Crippen molar-refractivity contribution in [1.29, 1.82) is 0 Å². The van der Waals surface area contributed by atoms with E-state index in [9.17, 15) is 4.79 Å². The molecule has 1 amide bonds. The van der Waals surface area contributed by atoms with Crippen LogP contribution in [0.1, 0.15) is 34.7 Å². The average Bonchev–Trinajstić information content (AvgIpc) is 3.27. The van der Waals surface area contributed by atoms with Gasteiger partial charge in [0.25, 0.3) is 0 Å². The zero-order valence-corrected chi connectivity index (χ0v) is 20.7. The molecule has 5 heteroatoms. The zero-order chi connectivity index (χ0) is 24.7. The molecule has 0 unspecified atom stereocenters. The molecule has 0 aliphatic rings. The predicted octanol–water partition coefficient (Wildman–Crippen LogP) is 6.62. The highest BCUT2D eigenvalue weighted by Gasteiger charge is 2.24. The van der Waals surface area contributed by atoms with Gasteiger partial charge in [0.2, 0.25) is 5.91 Å². The maximum atomic E-state index is 13.2. The summed E-state index contributed by atoms with van der Waals surface area (Å²) in [6, 6.07) is 32.5. The minimum atomic E-state index is -0.171. The number of halogens is 1. The minimum absolute atomic E-state index is 0.00394. The van der Waals surface area contributed by atoms with E-state index in [1.165, 1.54) is 5.56 Å². The number of carbonyl (C=O) groups is 1. The van der Waals surface area contributed by atoms with Gasteiger partial charge in [-0.2, -0.15) is 0 Å². The first kappa shape index (κ1) is 23.8. The van der Waals surface area contributed by atoms with E-state index in [0.29, 0.717) is 24.4 Å². The summed E-state index contributed by atoms with van der Waals surface area (Å²) in [5.41, 5.74) is 5.40. The van der Waals surface area contributed by atoms with Crippen molar-refractivity contribution in [2.45, 2.75) is 25.3 Å². The molecule has 0 saturated carbocycles. The Kier molecular flexibility index (Phi) is 7.44. The number of rotatable bonds is 9. The molecule has 36 heavy (non-hydrogen) atoms. The first-order valence-corrected chi connectivity index (χ1v) is 12.6. The molecule has 1 N–H and O–H groups in total. The largest absolute Gasteiger partial charge is 0.356 e. The van der Waals surface area contributed by atoms with Gasteiger partial charge < -0.3 is 9.88 Å². The Balaban J connectivity index is 1.45. The van der Waals surface area contributed by atoms with Crippen LogP contribution in [0.25, 0.3) is 10.9 Å². The van der Waals surface area contributed by atoms with Gasteiger partial charge in [0, 0.05) is 65.9 Å². The van der Waals surface area contributed by atoms with Gasteiger partial charge in [-0.3, -0.25) is 9.78 Å². The number of hydrogen-bond donors (Lipinski definition) is 1. The predicted molar refractivity (Wildman–Crippen MR) is 146 cm³/mol. The quantitative estimate of drug-likeness (QED) is 0.251. The maximum Gasteiger partial charge on any atom is 0.220 e. The van der Waals surface area contributed by atoms with Crippen molar-refractivity contribution >= 4 is 28.4 Å². The van der Waals surface area contributed by atoms with Crippen molar-refractivity contribution in [2.24, 2.45) is 0 Å². The highest BCUT2D eigenvalue weighted by Crippen LogP contribution is 2.38. The van der Waals surface area contributed by atoms with Crippen LogP contribution in [-0.4, -0.2) is 22.0 Å². The molecule has 0 aliphatic carbocycles. The molecular formula is C31H28ClN3O. The van der Waals surface area contributed by atoms with E-state index in [1.54, 1.807) is 6.20 Å². The van der Waals surface area contributed by atoms with E-state index in [4.69, 9.17) is 11.6 Å². The monoisotopic (exact) mass is 493 g/mol. The number of fused-ring (bicyclic) bond motifs is 1. The lowest BCUT2D eigenvalue weighted by Gasteiger charge is -2.18. The van der Waals surface area contributed by atoms with Gasteiger partial charge in [-0.05, 0) is 41.0 Å². The summed E-state index contributed by atoms with van der Waals surface area (Å²) in [6.07, 6.45) is 4.97. The summed E-state index contributed by atoms with van der Waals surface area (Å²) < 4.78 is 2.27. The number of nitrogens with zero attached hydrogens (tertiary/aromatic N) is 2. The highest BCUT2D eigenvalue weighted by atomic mass is 35.5. The van der Waals surface area contributed by atoms with Crippen molar-refractivity contribution in [3.05, 3.63) is 137 Å². The summed E-state index contributed by atoms with van der Waals surface area (Å²) in [6.45, 7) is 1.30. The van der Waals surface area contributed by atoms with Crippen LogP contribution in [-0.2, 0) is 17.8 Å². The summed E-state index contributed by atoms with van der Waals surface area (Å²) in [5.74, 6) is -0.175. The van der Waals surface area contributed by atoms with Crippen molar-refractivity contribution in [1.82, 2.24) is 14.9 Å². The van der Waals surface area contributed by atoms with E-state index < -0.39 is 0 Å². The number of pyridine rings is 1. The number of nitrogens with one attached hydrogen (secondary N) is 1. The highest BCUT2D eigenvalue weighted by molar-refractivity contribution is 6.31. The Labute approximate surface area is 216 Å². The number of amides is 1. The summed E-state index contributed by atoms with van der Waals surface area (Å²) in [5, 5.41) is 4.90. The molecule has 1 atom stereocenters. The van der Waals surface area contributed by atoms with Gasteiger partial charge in [0.15, 0.2) is 0 Å². The molecule has 2 aromatic heterocycles. The Morgan fingerprint density at radius 3 is 2.42 bits per heavy atom. The Hall–Kier alpha value is -3.89. The normalized spacial score (nSPS) is 11.9. The third kappa shape index (κ3) is 5.50. The number of carbonyl (C=O) groups excluding carboxylic acids is 1. The SMILES string of the molecule is O=C(C[C@H](c1ccccc1Cl)c1cn(Cc2ccccc2)c2ccccc12)NCCc1ccccn1. The molecule has 2 heterocycles. The van der Waals surface area contributed by atoms with Crippen LogP contribution < -0.4 is 5.32 Å². The average molecular weight is 494 g/mol. The molecule has 0 aliphatic heterocycles. The maximum absolute atomic E-state index is 13.2. The van der Waals surface area contributed by atoms with Crippen LogP contribution >= 0.6 is 11.6 Å². The fourth-order valence-electron chi connectivity index (χ4n) is 4.74. The zero-order valence-electron chi connectivity index (χ0n) is 20.0. The molecule has 0 fully saturated rings. The first-order valence-electron chi connectivity index (χ1n) is 12.2. The van der Waals surface area contributed by atoms with Crippen LogP contribution in [0.3, 0.4) is 0 Å². The minimum Gasteiger partial charge on any atom is -0.356 e. The van der Waals surface area contributed by atoms with E-state index in [1.807, 2.05) is 48.5 Å². The molecule has 180 valence electrons. The van der Waals surface area contributed by atoms with Crippen LogP contribution in [0.4, 0.5) is 0 Å². The van der Waals surface area contributed by atoms with E-state index >= 15 is 0 Å². The fraction of sp³-hybridized carbons (Fsp3) is 0.161. The van der Waals surface area contributed by atoms with Crippen molar-refractivity contribution in [3.63, 3.8) is 0 Å². The molecule has 0 radical (unpaired) electrons. The molecule has 3 aromatic carbocycles. The third-order valence-electron chi connectivity index (χ3n) is 6.49. The van der Waals surface area contributed by atoms with Crippen LogP contribution in [0.5, 0.6) is 0 Å². The topological polar surface area (TPSA) is 46.9 Å². The van der Waals surface area contributed by atoms with Crippen LogP contribution in [0.15, 0.2) is 109 Å². The number of aromatic nitrogens is 2. The molecule has 0 saturated heterocycles. The lowest BCUT2D eigenvalue weighted by Crippen LogP contribution is -2.27. The molecule has 4 nitrogen and oxygen atoms in total. The molecule has 5 aromatic rings. The van der Waals surface area contributed by atoms with Gasteiger partial charge in [-0.25, -0.2) is 0 Å². The summed E-state index contributed by atoms with van der Waals surface area (Å²) >= 11 is 6.68. The lowest BCUT2D eigenvalue weighted by atomic mass is 9.88. The standard InChI is InChI=1S/C31H28ClN3O/c32-29-15-6-4-13-25(29)27(20-31(36)34-19-17-24-12-8-9-18-33-24)28-22-35(21-23-10-2-1-3-11-23)30-16-7-5-14-26(28)30/h1-16,18,22,27H,17,19-21H2,(H,34,36)/t27-/m1/s1. The number of hydrogen-bond acceptors (Lipinski definition) is 2. The van der Waals surface area contributed by atoms with E-state index in [0.717, 1.165) is 34.3 Å². The summed E-state index contributed by atoms with van der Waals surface area (Å²) in [7, 11) is 0. The Morgan fingerprint density at radius 1 is 0.861 bits per heavy atom. The van der Waals surface area contributed by atoms with E-state index in [2.05, 4.69) is 69.6 Å². The lowest BCUT2D eigenvalue weighted by molar-refractivity contribution is -0.121. The van der Waals surface area contributed by atoms with Gasteiger partial charge >= 0.3 is 0 Å². The Bertz CT molecular complexity index is 1450. The molecule has 0 spiro atoms. The van der Waals surface area contributed by atoms with Crippen molar-refractivity contribution in [3.8, 4) is 0 Å². The van der Waals surface area contributed by atoms with Gasteiger partial charge in [0.05, 0.1) is 0 Å². The summed E-state index contributed by atoms with van der Waals surface area (Å²) in [4.78, 5) is 17.5. The second kappa shape index (κ2) is 11.2. The van der Waals surface area contributed by atoms with E-state index in [-0.39, 0.29) is 11.8 Å². The van der Waals surface area contributed by atoms with Gasteiger partial charge in [-0.15, -0.1) is 0 Å². The number of para-hydroxylation sites is 1. The van der Waals surface area contributed by atoms with Crippen molar-refractivity contribution < 1.29 is 4.79 Å².